The van der Waals surface area contributed by atoms with E-state index in [2.05, 4.69) is 9.88 Å². The minimum absolute atomic E-state index is 0.0589. The zero-order chi connectivity index (χ0) is 21.9. The van der Waals surface area contributed by atoms with E-state index in [9.17, 15) is 19.5 Å². The quantitative estimate of drug-likeness (QED) is 0.578. The lowest BCUT2D eigenvalue weighted by Gasteiger charge is -2.43. The Morgan fingerprint density at radius 1 is 1.10 bits per heavy atom. The molecule has 0 saturated carbocycles. The molecule has 0 spiro atoms. The topological polar surface area (TPSA) is 107 Å². The van der Waals surface area contributed by atoms with Crippen molar-refractivity contribution in [1.82, 2.24) is 28.2 Å². The van der Waals surface area contributed by atoms with Gasteiger partial charge in [-0.3, -0.25) is 23.6 Å². The van der Waals surface area contributed by atoms with Gasteiger partial charge in [0, 0.05) is 58.0 Å². The molecular weight excluding hydrogens is 400 g/mol. The zero-order valence-electron chi connectivity index (χ0n) is 17.6. The van der Waals surface area contributed by atoms with E-state index in [4.69, 9.17) is 0 Å². The number of hydrogen-bond acceptors (Lipinski definition) is 6. The predicted octanol–water partition coefficient (Wildman–Crippen LogP) is -0.924. The van der Waals surface area contributed by atoms with Crippen LogP contribution in [0.1, 0.15) is 18.0 Å². The minimum Gasteiger partial charge on any atom is -0.390 e. The standard InChI is InChI=1S/C21H26N6O4/c1-23-19-18(20(30)24(2)21(23)31)26(12-22-19)11-15(28)10-25-7-13-6-14(9-25)16-4-3-5-17(29)27(16)8-13/h3-5,12-15,28H,6-11H2,1-2H3/t13-,14+,15-/m0/s1. The maximum Gasteiger partial charge on any atom is 0.332 e. The molecule has 1 N–H and O–H groups in total. The van der Waals surface area contributed by atoms with Crippen molar-refractivity contribution in [2.24, 2.45) is 20.0 Å². The molecule has 0 unspecified atom stereocenters. The number of β-amino-alcohol motifs (C(OH)–C–C–N with tert-alkyl or cyclic N) is 1. The van der Waals surface area contributed by atoms with Crippen LogP contribution in [0.2, 0.25) is 0 Å². The van der Waals surface area contributed by atoms with E-state index >= 15 is 0 Å². The molecule has 31 heavy (non-hydrogen) atoms. The molecule has 2 bridgehead atoms. The fraction of sp³-hybridized carbons (Fsp3) is 0.524. The van der Waals surface area contributed by atoms with Crippen LogP contribution in [0.4, 0.5) is 0 Å². The first-order valence-electron chi connectivity index (χ1n) is 10.5. The van der Waals surface area contributed by atoms with Crippen LogP contribution in [0.5, 0.6) is 0 Å². The first-order valence-corrected chi connectivity index (χ1v) is 10.5. The monoisotopic (exact) mass is 426 g/mol. The van der Waals surface area contributed by atoms with E-state index in [-0.39, 0.29) is 18.0 Å². The third-order valence-electron chi connectivity index (χ3n) is 6.65. The van der Waals surface area contributed by atoms with Crippen LogP contribution in [-0.2, 0) is 27.2 Å². The van der Waals surface area contributed by atoms with Gasteiger partial charge in [-0.1, -0.05) is 6.07 Å². The van der Waals surface area contributed by atoms with Crippen molar-refractivity contribution >= 4 is 11.2 Å². The second kappa shape index (κ2) is 7.31. The van der Waals surface area contributed by atoms with Gasteiger partial charge < -0.3 is 14.2 Å². The zero-order valence-corrected chi connectivity index (χ0v) is 17.6. The fourth-order valence-electron chi connectivity index (χ4n) is 5.26. The van der Waals surface area contributed by atoms with E-state index < -0.39 is 17.4 Å². The Labute approximate surface area is 177 Å². The van der Waals surface area contributed by atoms with Gasteiger partial charge >= 0.3 is 5.69 Å². The summed E-state index contributed by atoms with van der Waals surface area (Å²) in [6.45, 7) is 3.02. The van der Waals surface area contributed by atoms with Crippen molar-refractivity contribution in [3.63, 3.8) is 0 Å². The Kier molecular flexibility index (Phi) is 4.71. The SMILES string of the molecule is Cn1c(=O)c2c(ncn2C[C@@H](O)CN2C[C@@H]3C[C@H](C2)c2cccc(=O)n2C3)n(C)c1=O. The fourth-order valence-corrected chi connectivity index (χ4v) is 5.26. The number of hydrogen-bond donors (Lipinski definition) is 1. The van der Waals surface area contributed by atoms with Gasteiger partial charge in [0.25, 0.3) is 11.1 Å². The molecule has 0 aromatic carbocycles. The Morgan fingerprint density at radius 3 is 2.71 bits per heavy atom. The lowest BCUT2D eigenvalue weighted by atomic mass is 9.83. The molecule has 1 saturated heterocycles. The van der Waals surface area contributed by atoms with Gasteiger partial charge in [-0.15, -0.1) is 0 Å². The number of rotatable bonds is 4. The van der Waals surface area contributed by atoms with Gasteiger partial charge in [0.1, 0.15) is 0 Å². The summed E-state index contributed by atoms with van der Waals surface area (Å²) in [5.74, 6) is 0.666. The molecule has 5 heterocycles. The predicted molar refractivity (Wildman–Crippen MR) is 114 cm³/mol. The third kappa shape index (κ3) is 3.26. The van der Waals surface area contributed by atoms with Crippen molar-refractivity contribution in [3.05, 3.63) is 61.4 Å². The Bertz CT molecular complexity index is 1330. The number of aromatic nitrogens is 5. The number of fused-ring (bicyclic) bond motifs is 5. The summed E-state index contributed by atoms with van der Waals surface area (Å²) >= 11 is 0. The maximum atomic E-state index is 12.6. The highest BCUT2D eigenvalue weighted by molar-refractivity contribution is 5.69. The molecule has 3 aromatic rings. The smallest absolute Gasteiger partial charge is 0.332 e. The van der Waals surface area contributed by atoms with Gasteiger partial charge in [0.15, 0.2) is 11.2 Å². The lowest BCUT2D eigenvalue weighted by molar-refractivity contribution is 0.0552. The van der Waals surface area contributed by atoms with Gasteiger partial charge in [0.2, 0.25) is 0 Å². The number of pyridine rings is 1. The summed E-state index contributed by atoms with van der Waals surface area (Å²) < 4.78 is 5.91. The van der Waals surface area contributed by atoms with E-state index in [0.717, 1.165) is 29.8 Å². The summed E-state index contributed by atoms with van der Waals surface area (Å²) in [4.78, 5) is 43.4. The number of nitrogens with zero attached hydrogens (tertiary/aromatic N) is 6. The van der Waals surface area contributed by atoms with E-state index in [0.29, 0.717) is 30.2 Å². The molecule has 10 nitrogen and oxygen atoms in total. The highest BCUT2D eigenvalue weighted by atomic mass is 16.3. The number of likely N-dealkylation sites (tertiary alicyclic amines) is 1. The third-order valence-corrected chi connectivity index (χ3v) is 6.65. The highest BCUT2D eigenvalue weighted by Gasteiger charge is 2.35. The molecule has 0 amide bonds. The van der Waals surface area contributed by atoms with Crippen LogP contribution in [0.15, 0.2) is 38.9 Å². The van der Waals surface area contributed by atoms with E-state index in [1.165, 1.54) is 17.9 Å². The Hall–Kier alpha value is -2.98. The molecule has 10 heteroatoms. The highest BCUT2D eigenvalue weighted by Crippen LogP contribution is 2.34. The first-order chi connectivity index (χ1) is 14.8. The second-order valence-corrected chi connectivity index (χ2v) is 8.85. The van der Waals surface area contributed by atoms with E-state index in [1.54, 1.807) is 17.7 Å². The van der Waals surface area contributed by atoms with Gasteiger partial charge in [-0.2, -0.15) is 0 Å². The normalized spacial score (nSPS) is 21.9. The summed E-state index contributed by atoms with van der Waals surface area (Å²) in [7, 11) is 3.01. The van der Waals surface area contributed by atoms with Crippen LogP contribution in [0.3, 0.4) is 0 Å². The van der Waals surface area contributed by atoms with Crippen LogP contribution in [0, 0.1) is 5.92 Å². The average molecular weight is 426 g/mol. The summed E-state index contributed by atoms with van der Waals surface area (Å²) in [6.07, 6.45) is 1.87. The van der Waals surface area contributed by atoms with Crippen molar-refractivity contribution in [2.45, 2.75) is 31.5 Å². The van der Waals surface area contributed by atoms with Crippen LogP contribution >= 0.6 is 0 Å². The molecule has 3 atom stereocenters. The van der Waals surface area contributed by atoms with Crippen LogP contribution < -0.4 is 16.8 Å². The molecule has 3 aromatic heterocycles. The molecule has 0 radical (unpaired) electrons. The van der Waals surface area contributed by atoms with Crippen molar-refractivity contribution in [2.75, 3.05) is 19.6 Å². The van der Waals surface area contributed by atoms with Crippen LogP contribution in [-0.4, -0.2) is 59.0 Å². The lowest BCUT2D eigenvalue weighted by Crippen LogP contribution is -2.49. The number of aliphatic hydroxyl groups is 1. The molecule has 0 aliphatic carbocycles. The average Bonchev–Trinajstić information content (AvgIpc) is 3.15. The largest absolute Gasteiger partial charge is 0.390 e. The maximum absolute atomic E-state index is 12.6. The van der Waals surface area contributed by atoms with Crippen molar-refractivity contribution < 1.29 is 5.11 Å². The van der Waals surface area contributed by atoms with Gasteiger partial charge in [-0.25, -0.2) is 9.78 Å². The number of imidazole rings is 1. The summed E-state index contributed by atoms with van der Waals surface area (Å²) in [5.41, 5.74) is 0.916. The molecule has 2 aliphatic rings. The second-order valence-electron chi connectivity index (χ2n) is 8.85. The van der Waals surface area contributed by atoms with Crippen molar-refractivity contribution in [3.8, 4) is 0 Å². The molecule has 5 rings (SSSR count). The number of aliphatic hydroxyl groups excluding tert-OH is 1. The van der Waals surface area contributed by atoms with Crippen LogP contribution in [0.25, 0.3) is 11.2 Å². The van der Waals surface area contributed by atoms with Gasteiger partial charge in [0.05, 0.1) is 19.0 Å². The molecule has 164 valence electrons. The summed E-state index contributed by atoms with van der Waals surface area (Å²) in [6, 6.07) is 5.46. The van der Waals surface area contributed by atoms with E-state index in [1.807, 2.05) is 16.7 Å². The number of aryl methyl sites for hydroxylation is 1. The Balaban J connectivity index is 1.34. The number of piperidine rings is 1. The minimum atomic E-state index is -0.698. The first kappa shape index (κ1) is 20.0. The molecule has 1 fully saturated rings. The molecule has 2 aliphatic heterocycles. The van der Waals surface area contributed by atoms with Gasteiger partial charge in [-0.05, 0) is 18.4 Å². The van der Waals surface area contributed by atoms with Crippen molar-refractivity contribution in [1.29, 1.82) is 0 Å². The summed E-state index contributed by atoms with van der Waals surface area (Å²) in [5, 5.41) is 10.8. The molecular formula is C21H26N6O4. The Morgan fingerprint density at radius 2 is 1.90 bits per heavy atom.